The average molecular weight is 813 g/mol. The maximum absolute atomic E-state index is 14.4. The van der Waals surface area contributed by atoms with Gasteiger partial charge in [-0.3, -0.25) is 15.0 Å². The molecule has 7 rings (SSSR count). The van der Waals surface area contributed by atoms with E-state index in [0.29, 0.717) is 37.2 Å². The van der Waals surface area contributed by atoms with E-state index >= 15 is 0 Å². The molecule has 0 aliphatic carbocycles. The highest BCUT2D eigenvalue weighted by atomic mass is 19.2. The lowest BCUT2D eigenvalue weighted by atomic mass is 10.1. The van der Waals surface area contributed by atoms with E-state index in [2.05, 4.69) is 44.9 Å². The van der Waals surface area contributed by atoms with Crippen LogP contribution in [0.3, 0.4) is 0 Å². The molecule has 9 nitrogen and oxygen atoms in total. The number of nitrogens with zero attached hydrogens (tertiary/aromatic N) is 9. The third kappa shape index (κ3) is 6.27. The van der Waals surface area contributed by atoms with Gasteiger partial charge in [0.2, 0.25) is 17.5 Å². The minimum Gasteiger partial charge on any atom is -0.252 e. The quantitative estimate of drug-likeness (QED) is 0.0929. The smallest absolute Gasteiger partial charge is 0.200 e. The summed E-state index contributed by atoms with van der Waals surface area (Å²) in [5.74, 6) is -36.3. The zero-order valence-corrected chi connectivity index (χ0v) is 26.7. The summed E-state index contributed by atoms with van der Waals surface area (Å²) < 4.78 is 210. The Bertz CT molecular complexity index is 2390. The first-order valence-electron chi connectivity index (χ1n) is 14.8. The molecule has 0 bridgehead atoms. The van der Waals surface area contributed by atoms with Crippen molar-refractivity contribution in [1.82, 2.24) is 44.9 Å². The van der Waals surface area contributed by atoms with Crippen LogP contribution < -0.4 is 0 Å². The van der Waals surface area contributed by atoms with Gasteiger partial charge in [-0.05, 0) is 0 Å². The zero-order chi connectivity index (χ0) is 41.2. The van der Waals surface area contributed by atoms with E-state index in [1.807, 2.05) is 0 Å². The largest absolute Gasteiger partial charge is 0.252 e. The Morgan fingerprint density at radius 2 is 0.368 bits per heavy atom. The van der Waals surface area contributed by atoms with Crippen LogP contribution in [-0.4, -0.2) is 44.9 Å². The van der Waals surface area contributed by atoms with Gasteiger partial charge in [0, 0.05) is 0 Å². The number of hydrogen-bond donors (Lipinski definition) is 0. The summed E-state index contributed by atoms with van der Waals surface area (Å²) in [6.45, 7) is 0. The number of benzene rings is 3. The molecule has 3 aromatic carbocycles. The van der Waals surface area contributed by atoms with Crippen LogP contribution in [0.5, 0.6) is 0 Å². The van der Waals surface area contributed by atoms with E-state index in [0.717, 1.165) is 0 Å². The van der Waals surface area contributed by atoms with E-state index in [1.54, 1.807) is 0 Å². The van der Waals surface area contributed by atoms with E-state index in [1.165, 1.54) is 0 Å². The van der Waals surface area contributed by atoms with Gasteiger partial charge in [-0.1, -0.05) is 0 Å². The minimum atomic E-state index is -2.45. The molecule has 0 N–H and O–H groups in total. The van der Waals surface area contributed by atoms with Crippen LogP contribution in [0.1, 0.15) is 0 Å². The highest BCUT2D eigenvalue weighted by Crippen LogP contribution is 2.34. The Morgan fingerprint density at radius 3 is 0.544 bits per heavy atom. The Balaban J connectivity index is 1.34. The molecule has 0 aliphatic rings. The first kappa shape index (κ1) is 38.1. The fourth-order valence-corrected chi connectivity index (χ4v) is 4.93. The van der Waals surface area contributed by atoms with Crippen molar-refractivity contribution in [3.63, 3.8) is 0 Å². The number of aromatic nitrogens is 9. The van der Waals surface area contributed by atoms with Gasteiger partial charge in [-0.2, -0.15) is 0 Å². The van der Waals surface area contributed by atoms with Crippen molar-refractivity contribution < 1.29 is 65.9 Å². The van der Waals surface area contributed by atoms with Gasteiger partial charge in [-0.15, -0.1) is 0 Å². The van der Waals surface area contributed by atoms with Gasteiger partial charge in [0.05, 0.1) is 71.0 Å². The van der Waals surface area contributed by atoms with Gasteiger partial charge in [-0.25, -0.2) is 95.8 Å². The Kier molecular flexibility index (Phi) is 9.49. The second kappa shape index (κ2) is 14.2. The van der Waals surface area contributed by atoms with Crippen molar-refractivity contribution in [2.45, 2.75) is 0 Å². The lowest BCUT2D eigenvalue weighted by molar-refractivity contribution is 0.381. The fourth-order valence-electron chi connectivity index (χ4n) is 4.93. The van der Waals surface area contributed by atoms with E-state index < -0.39 is 156 Å². The van der Waals surface area contributed by atoms with Crippen molar-refractivity contribution in [3.8, 4) is 68.3 Å². The van der Waals surface area contributed by atoms with Crippen LogP contribution in [0.25, 0.3) is 68.3 Å². The topological polar surface area (TPSA) is 116 Å². The Labute approximate surface area is 303 Å². The summed E-state index contributed by atoms with van der Waals surface area (Å²) >= 11 is 0. The molecule has 0 saturated heterocycles. The summed E-state index contributed by atoms with van der Waals surface area (Å²) in [6.07, 6.45) is 3.71. The van der Waals surface area contributed by atoms with Crippen LogP contribution in [0.2, 0.25) is 0 Å². The first-order chi connectivity index (χ1) is 27.0. The summed E-state index contributed by atoms with van der Waals surface area (Å²) in [5, 5.41) is 0. The van der Waals surface area contributed by atoms with Gasteiger partial charge < -0.3 is 0 Å². The molecule has 0 fully saturated rings. The molecule has 57 heavy (non-hydrogen) atoms. The highest BCUT2D eigenvalue weighted by molar-refractivity contribution is 5.67. The summed E-state index contributed by atoms with van der Waals surface area (Å²) in [4.78, 5) is 34.6. The van der Waals surface area contributed by atoms with Crippen molar-refractivity contribution >= 4 is 0 Å². The van der Waals surface area contributed by atoms with E-state index in [9.17, 15) is 65.9 Å². The molecule has 4 heterocycles. The molecule has 0 amide bonds. The van der Waals surface area contributed by atoms with E-state index in [-0.39, 0.29) is 0 Å². The number of halogens is 15. The molecule has 0 radical (unpaired) electrons. The SMILES string of the molecule is Fc1c(F)c(F)c(-c2cnc(-c3nc(-c4cnc(-c5c(F)c(F)c(F)c(F)c5F)cn4)nc(-c4cnc(-c5c(F)c(F)c(F)c(F)c5F)cn4)n3)cn2)c(F)c1F. The maximum atomic E-state index is 14.4. The van der Waals surface area contributed by atoms with Crippen molar-refractivity contribution in [3.05, 3.63) is 124 Å². The van der Waals surface area contributed by atoms with Gasteiger partial charge in [0.1, 0.15) is 17.1 Å². The standard InChI is InChI=1S/C33H6F15N9/c34-16-13(17(35)23(41)28(46)22(16)40)7-1-52-10(4-49-7)31-55-32(11-5-50-8(2-53-11)14-18(36)24(42)29(47)25(43)19(14)37)57-33(56-31)12-6-51-9(3-54-12)15-20(38)26(44)30(48)27(45)21(15)39/h1-6H. The predicted molar refractivity (Wildman–Crippen MR) is 159 cm³/mol. The molecule has 0 aliphatic heterocycles. The number of rotatable bonds is 6. The van der Waals surface area contributed by atoms with Crippen LogP contribution in [0.15, 0.2) is 37.2 Å². The van der Waals surface area contributed by atoms with Crippen LogP contribution in [-0.2, 0) is 0 Å². The normalized spacial score (nSPS) is 11.4. The summed E-state index contributed by atoms with van der Waals surface area (Å²) in [5.41, 5.74) is -8.32. The molecule has 24 heteroatoms. The lowest BCUT2D eigenvalue weighted by Gasteiger charge is -2.10. The highest BCUT2D eigenvalue weighted by Gasteiger charge is 2.30. The molecule has 0 saturated carbocycles. The van der Waals surface area contributed by atoms with Crippen molar-refractivity contribution in [2.75, 3.05) is 0 Å². The number of hydrogen-bond acceptors (Lipinski definition) is 9. The Morgan fingerprint density at radius 1 is 0.211 bits per heavy atom. The molecular weight excluding hydrogens is 807 g/mol. The third-order valence-corrected chi connectivity index (χ3v) is 7.68. The second-order valence-electron chi connectivity index (χ2n) is 11.0. The molecule has 0 unspecified atom stereocenters. The first-order valence-corrected chi connectivity index (χ1v) is 14.8. The van der Waals surface area contributed by atoms with E-state index in [4.69, 9.17) is 0 Å². The Hall–Kier alpha value is -7.14. The van der Waals surface area contributed by atoms with Crippen LogP contribution in [0, 0.1) is 87.3 Å². The van der Waals surface area contributed by atoms with Crippen LogP contribution in [0.4, 0.5) is 65.9 Å². The molecule has 7 aromatic rings. The van der Waals surface area contributed by atoms with Gasteiger partial charge in [0.15, 0.2) is 87.3 Å². The molecule has 288 valence electrons. The maximum Gasteiger partial charge on any atom is 0.200 e. The van der Waals surface area contributed by atoms with Crippen molar-refractivity contribution in [2.24, 2.45) is 0 Å². The predicted octanol–water partition coefficient (Wildman–Crippen LogP) is 8.33. The van der Waals surface area contributed by atoms with Gasteiger partial charge in [0.25, 0.3) is 0 Å². The third-order valence-electron chi connectivity index (χ3n) is 7.68. The molecule has 0 atom stereocenters. The van der Waals surface area contributed by atoms with Gasteiger partial charge >= 0.3 is 0 Å². The summed E-state index contributed by atoms with van der Waals surface area (Å²) in [6, 6.07) is 0. The molecule has 0 spiro atoms. The fraction of sp³-hybridized carbons (Fsp3) is 0. The zero-order valence-electron chi connectivity index (χ0n) is 26.7. The molecular formula is C33H6F15N9. The average Bonchev–Trinajstić information content (AvgIpc) is 3.23. The minimum absolute atomic E-state index is 0.440. The monoisotopic (exact) mass is 813 g/mol. The second-order valence-corrected chi connectivity index (χ2v) is 11.0. The van der Waals surface area contributed by atoms with Crippen molar-refractivity contribution in [1.29, 1.82) is 0 Å². The molecule has 4 aromatic heterocycles. The lowest BCUT2D eigenvalue weighted by Crippen LogP contribution is -2.07. The summed E-state index contributed by atoms with van der Waals surface area (Å²) in [7, 11) is 0. The van der Waals surface area contributed by atoms with Crippen LogP contribution >= 0.6 is 0 Å².